The number of anilines is 1. The van der Waals surface area contributed by atoms with E-state index in [0.29, 0.717) is 6.42 Å². The summed E-state index contributed by atoms with van der Waals surface area (Å²) in [6, 6.07) is 5.02. The molecule has 1 aliphatic heterocycles. The van der Waals surface area contributed by atoms with Gasteiger partial charge in [0.2, 0.25) is 0 Å². The Morgan fingerprint density at radius 1 is 1.39 bits per heavy atom. The highest BCUT2D eigenvalue weighted by molar-refractivity contribution is 5.54. The number of nitrogens with zero attached hydrogens (tertiary/aromatic N) is 1. The molecule has 1 aromatic rings. The summed E-state index contributed by atoms with van der Waals surface area (Å²) in [4.78, 5) is 2.27. The van der Waals surface area contributed by atoms with Crippen molar-refractivity contribution in [3.05, 3.63) is 29.6 Å². The van der Waals surface area contributed by atoms with E-state index in [0.717, 1.165) is 44.0 Å². The van der Waals surface area contributed by atoms with Crippen LogP contribution >= 0.6 is 0 Å². The molecule has 100 valence electrons. The van der Waals surface area contributed by atoms with Crippen molar-refractivity contribution in [3.8, 4) is 0 Å². The minimum absolute atomic E-state index is 0.0359. The van der Waals surface area contributed by atoms with Gasteiger partial charge in [0.25, 0.3) is 0 Å². The normalized spacial score (nSPS) is 18.5. The second-order valence-electron chi connectivity index (χ2n) is 4.91. The lowest BCUT2D eigenvalue weighted by molar-refractivity contribution is 0.152. The summed E-state index contributed by atoms with van der Waals surface area (Å²) >= 11 is 0. The molecule has 2 N–H and O–H groups in total. The molecule has 3 nitrogen and oxygen atoms in total. The minimum atomic E-state index is -0.194. The van der Waals surface area contributed by atoms with Crippen molar-refractivity contribution in [3.63, 3.8) is 0 Å². The molecule has 0 aromatic heterocycles. The Kier molecular flexibility index (Phi) is 4.55. The minimum Gasteiger partial charge on any atom is -0.380 e. The molecule has 1 aromatic carbocycles. The predicted molar refractivity (Wildman–Crippen MR) is 71.4 cm³/mol. The number of nitrogens with two attached hydrogens (primary N) is 1. The van der Waals surface area contributed by atoms with Crippen molar-refractivity contribution < 1.29 is 9.13 Å². The Morgan fingerprint density at radius 2 is 2.22 bits per heavy atom. The molecule has 2 rings (SSSR count). The van der Waals surface area contributed by atoms with E-state index in [1.807, 2.05) is 13.0 Å². The molecule has 4 heteroatoms. The van der Waals surface area contributed by atoms with Crippen molar-refractivity contribution >= 4 is 5.69 Å². The summed E-state index contributed by atoms with van der Waals surface area (Å²) in [5.74, 6) is -0.194. The first-order valence-electron chi connectivity index (χ1n) is 6.53. The third-order valence-corrected chi connectivity index (χ3v) is 3.15. The van der Waals surface area contributed by atoms with E-state index in [-0.39, 0.29) is 11.9 Å². The largest absolute Gasteiger partial charge is 0.380 e. The Balaban J connectivity index is 2.23. The Bertz CT molecular complexity index is 387. The molecule has 0 radical (unpaired) electrons. The molecule has 1 aliphatic rings. The van der Waals surface area contributed by atoms with Gasteiger partial charge in [-0.3, -0.25) is 0 Å². The summed E-state index contributed by atoms with van der Waals surface area (Å²) < 4.78 is 18.8. The maximum atomic E-state index is 13.4. The maximum Gasteiger partial charge on any atom is 0.123 e. The second kappa shape index (κ2) is 6.16. The van der Waals surface area contributed by atoms with Crippen molar-refractivity contribution in [2.45, 2.75) is 25.8 Å². The molecular formula is C14H21FN2O. The highest BCUT2D eigenvalue weighted by atomic mass is 19.1. The van der Waals surface area contributed by atoms with E-state index in [1.165, 1.54) is 6.07 Å². The molecule has 0 saturated carbocycles. The van der Waals surface area contributed by atoms with Crippen LogP contribution in [-0.4, -0.2) is 32.3 Å². The average molecular weight is 252 g/mol. The van der Waals surface area contributed by atoms with Crippen molar-refractivity contribution in [2.75, 3.05) is 31.2 Å². The van der Waals surface area contributed by atoms with Gasteiger partial charge in [-0.15, -0.1) is 0 Å². The van der Waals surface area contributed by atoms with Crippen molar-refractivity contribution in [1.82, 2.24) is 0 Å². The smallest absolute Gasteiger partial charge is 0.123 e. The fourth-order valence-corrected chi connectivity index (χ4v) is 2.36. The van der Waals surface area contributed by atoms with Crippen LogP contribution < -0.4 is 10.6 Å². The van der Waals surface area contributed by atoms with Crippen LogP contribution in [0.15, 0.2) is 18.2 Å². The van der Waals surface area contributed by atoms with Crippen LogP contribution in [0.25, 0.3) is 0 Å². The zero-order chi connectivity index (χ0) is 13.0. The molecule has 1 saturated heterocycles. The van der Waals surface area contributed by atoms with Gasteiger partial charge in [0, 0.05) is 31.4 Å². The lowest BCUT2D eigenvalue weighted by Crippen LogP contribution is -2.28. The number of hydrogen-bond donors (Lipinski definition) is 1. The summed E-state index contributed by atoms with van der Waals surface area (Å²) in [5.41, 5.74) is 7.93. The first kappa shape index (κ1) is 13.3. The molecule has 0 amide bonds. The van der Waals surface area contributed by atoms with Gasteiger partial charge in [0.1, 0.15) is 5.82 Å². The molecule has 1 heterocycles. The van der Waals surface area contributed by atoms with Crippen LogP contribution in [0.5, 0.6) is 0 Å². The third kappa shape index (κ3) is 3.43. The van der Waals surface area contributed by atoms with E-state index in [9.17, 15) is 4.39 Å². The van der Waals surface area contributed by atoms with E-state index in [1.54, 1.807) is 6.07 Å². The molecule has 1 fully saturated rings. The standard InChI is InChI=1S/C14H21FN2O/c1-11(16)9-12-10-13(15)3-4-14(12)17-5-2-7-18-8-6-17/h3-4,10-11H,2,5-9,16H2,1H3. The van der Waals surface area contributed by atoms with Gasteiger partial charge < -0.3 is 15.4 Å². The van der Waals surface area contributed by atoms with Crippen LogP contribution in [0.2, 0.25) is 0 Å². The van der Waals surface area contributed by atoms with Crippen LogP contribution in [0.1, 0.15) is 18.9 Å². The summed E-state index contributed by atoms with van der Waals surface area (Å²) in [6.45, 7) is 5.30. The zero-order valence-corrected chi connectivity index (χ0v) is 10.9. The fourth-order valence-electron chi connectivity index (χ4n) is 2.36. The van der Waals surface area contributed by atoms with E-state index in [2.05, 4.69) is 4.90 Å². The van der Waals surface area contributed by atoms with Gasteiger partial charge in [0.15, 0.2) is 0 Å². The SMILES string of the molecule is CC(N)Cc1cc(F)ccc1N1CCCOCC1. The van der Waals surface area contributed by atoms with Crippen LogP contribution in [0, 0.1) is 5.82 Å². The summed E-state index contributed by atoms with van der Waals surface area (Å²) in [7, 11) is 0. The van der Waals surface area contributed by atoms with E-state index >= 15 is 0 Å². The predicted octanol–water partition coefficient (Wildman–Crippen LogP) is 1.94. The summed E-state index contributed by atoms with van der Waals surface area (Å²) in [6.07, 6.45) is 1.71. The number of ether oxygens (including phenoxy) is 1. The number of rotatable bonds is 3. The second-order valence-corrected chi connectivity index (χ2v) is 4.91. The van der Waals surface area contributed by atoms with Gasteiger partial charge in [-0.05, 0) is 43.5 Å². The molecule has 0 aliphatic carbocycles. The first-order chi connectivity index (χ1) is 8.66. The Labute approximate surface area is 108 Å². The highest BCUT2D eigenvalue weighted by Crippen LogP contribution is 2.24. The molecular weight excluding hydrogens is 231 g/mol. The zero-order valence-electron chi connectivity index (χ0n) is 10.9. The van der Waals surface area contributed by atoms with Gasteiger partial charge >= 0.3 is 0 Å². The number of hydrogen-bond acceptors (Lipinski definition) is 3. The third-order valence-electron chi connectivity index (χ3n) is 3.15. The Hall–Kier alpha value is -1.13. The van der Waals surface area contributed by atoms with Crippen LogP contribution in [0.3, 0.4) is 0 Å². The highest BCUT2D eigenvalue weighted by Gasteiger charge is 2.15. The lowest BCUT2D eigenvalue weighted by atomic mass is 10.0. The molecule has 0 bridgehead atoms. The Morgan fingerprint density at radius 3 is 3.00 bits per heavy atom. The van der Waals surface area contributed by atoms with Crippen molar-refractivity contribution in [1.29, 1.82) is 0 Å². The molecule has 0 spiro atoms. The number of halogens is 1. The molecule has 1 atom stereocenters. The average Bonchev–Trinajstić information content (AvgIpc) is 2.57. The molecule has 1 unspecified atom stereocenters. The molecule has 18 heavy (non-hydrogen) atoms. The van der Waals surface area contributed by atoms with Crippen molar-refractivity contribution in [2.24, 2.45) is 5.73 Å². The van der Waals surface area contributed by atoms with E-state index in [4.69, 9.17) is 10.5 Å². The quantitative estimate of drug-likeness (QED) is 0.893. The fraction of sp³-hybridized carbons (Fsp3) is 0.571. The van der Waals surface area contributed by atoms with Gasteiger partial charge in [0.05, 0.1) is 6.61 Å². The summed E-state index contributed by atoms with van der Waals surface area (Å²) in [5, 5.41) is 0. The van der Waals surface area contributed by atoms with Gasteiger partial charge in [-0.1, -0.05) is 0 Å². The van der Waals surface area contributed by atoms with Gasteiger partial charge in [-0.2, -0.15) is 0 Å². The van der Waals surface area contributed by atoms with Crippen LogP contribution in [0.4, 0.5) is 10.1 Å². The lowest BCUT2D eigenvalue weighted by Gasteiger charge is -2.25. The topological polar surface area (TPSA) is 38.5 Å². The first-order valence-corrected chi connectivity index (χ1v) is 6.53. The number of benzene rings is 1. The maximum absolute atomic E-state index is 13.4. The monoisotopic (exact) mass is 252 g/mol. The van der Waals surface area contributed by atoms with Crippen LogP contribution in [-0.2, 0) is 11.2 Å². The van der Waals surface area contributed by atoms with Gasteiger partial charge in [-0.25, -0.2) is 4.39 Å². The van der Waals surface area contributed by atoms with E-state index < -0.39 is 0 Å².